The molecule has 4 heteroatoms. The summed E-state index contributed by atoms with van der Waals surface area (Å²) in [6, 6.07) is 1.79. The minimum absolute atomic E-state index is 0. The molecular formula is C6H7ClN2O. The van der Waals surface area contributed by atoms with Crippen molar-refractivity contribution in [3.63, 3.8) is 0 Å². The first kappa shape index (κ1) is 7.15. The maximum Gasteiger partial charge on any atom is 0.253 e. The number of aromatic amines is 1. The Kier molecular flexibility index (Phi) is 1.68. The number of hydrogen-bond donors (Lipinski definition) is 2. The summed E-state index contributed by atoms with van der Waals surface area (Å²) in [6.45, 7) is 0.654. The van der Waals surface area contributed by atoms with Crippen LogP contribution in [-0.4, -0.2) is 10.9 Å². The molecule has 0 saturated carbocycles. The molecule has 0 atom stereocenters. The van der Waals surface area contributed by atoms with Gasteiger partial charge in [-0.15, -0.1) is 12.4 Å². The van der Waals surface area contributed by atoms with Gasteiger partial charge in [-0.2, -0.15) is 0 Å². The zero-order valence-corrected chi connectivity index (χ0v) is 5.99. The Labute approximate surface area is 64.2 Å². The van der Waals surface area contributed by atoms with Crippen LogP contribution in [-0.2, 0) is 6.54 Å². The van der Waals surface area contributed by atoms with E-state index in [1.54, 1.807) is 12.3 Å². The van der Waals surface area contributed by atoms with E-state index in [2.05, 4.69) is 10.3 Å². The molecule has 0 saturated heterocycles. The van der Waals surface area contributed by atoms with Crippen LogP contribution in [0.4, 0.5) is 0 Å². The lowest BCUT2D eigenvalue weighted by molar-refractivity contribution is 0.0966. The summed E-state index contributed by atoms with van der Waals surface area (Å²) >= 11 is 0. The van der Waals surface area contributed by atoms with Crippen molar-refractivity contribution < 1.29 is 4.79 Å². The summed E-state index contributed by atoms with van der Waals surface area (Å²) in [5.74, 6) is 0.0336. The van der Waals surface area contributed by atoms with Gasteiger partial charge >= 0.3 is 0 Å². The first-order valence-corrected chi connectivity index (χ1v) is 2.82. The van der Waals surface area contributed by atoms with Gasteiger partial charge in [-0.05, 0) is 6.07 Å². The minimum Gasteiger partial charge on any atom is -0.363 e. The summed E-state index contributed by atoms with van der Waals surface area (Å²) in [6.07, 6.45) is 1.78. The smallest absolute Gasteiger partial charge is 0.253 e. The average molecular weight is 159 g/mol. The quantitative estimate of drug-likeness (QED) is 0.573. The van der Waals surface area contributed by atoms with Crippen LogP contribution in [0, 0.1) is 0 Å². The van der Waals surface area contributed by atoms with Crippen molar-refractivity contribution in [3.05, 3.63) is 23.5 Å². The third kappa shape index (κ3) is 0.789. The lowest BCUT2D eigenvalue weighted by atomic mass is 10.3. The monoisotopic (exact) mass is 158 g/mol. The van der Waals surface area contributed by atoms with Gasteiger partial charge in [-0.25, -0.2) is 0 Å². The van der Waals surface area contributed by atoms with E-state index in [-0.39, 0.29) is 18.3 Å². The fourth-order valence-corrected chi connectivity index (χ4v) is 1.03. The molecule has 1 aromatic heterocycles. The van der Waals surface area contributed by atoms with E-state index in [4.69, 9.17) is 0 Å². The number of carbonyl (C=O) groups excluding carboxylic acids is 1. The summed E-state index contributed by atoms with van der Waals surface area (Å²) in [5, 5.41) is 2.69. The molecular weight excluding hydrogens is 152 g/mol. The van der Waals surface area contributed by atoms with Gasteiger partial charge in [0.2, 0.25) is 0 Å². The molecule has 2 N–H and O–H groups in total. The standard InChI is InChI=1S/C6H6N2O.ClH/c9-6-4-1-2-7-5(4)3-8-6;/h1-2,7H,3H2,(H,8,9);1H. The molecule has 0 bridgehead atoms. The maximum atomic E-state index is 10.8. The fourth-order valence-electron chi connectivity index (χ4n) is 1.03. The van der Waals surface area contributed by atoms with E-state index in [9.17, 15) is 4.79 Å². The van der Waals surface area contributed by atoms with Crippen molar-refractivity contribution in [1.82, 2.24) is 10.3 Å². The predicted molar refractivity (Wildman–Crippen MR) is 39.2 cm³/mol. The highest BCUT2D eigenvalue weighted by Crippen LogP contribution is 2.11. The van der Waals surface area contributed by atoms with E-state index in [0.29, 0.717) is 6.54 Å². The van der Waals surface area contributed by atoms with Gasteiger partial charge in [-0.1, -0.05) is 0 Å². The number of hydrogen-bond acceptors (Lipinski definition) is 1. The van der Waals surface area contributed by atoms with Crippen molar-refractivity contribution in [2.45, 2.75) is 6.54 Å². The normalized spacial score (nSPS) is 13.8. The van der Waals surface area contributed by atoms with Crippen LogP contribution in [0.15, 0.2) is 12.3 Å². The van der Waals surface area contributed by atoms with Gasteiger partial charge < -0.3 is 10.3 Å². The Morgan fingerprint density at radius 2 is 2.30 bits per heavy atom. The predicted octanol–water partition coefficient (Wildman–Crippen LogP) is 0.680. The highest BCUT2D eigenvalue weighted by molar-refractivity contribution is 5.97. The van der Waals surface area contributed by atoms with Crippen LogP contribution in [0.3, 0.4) is 0 Å². The Hall–Kier alpha value is -0.960. The summed E-state index contributed by atoms with van der Waals surface area (Å²) in [4.78, 5) is 13.8. The topological polar surface area (TPSA) is 44.9 Å². The number of H-pyrrole nitrogens is 1. The maximum absolute atomic E-state index is 10.8. The molecule has 0 spiro atoms. The van der Waals surface area contributed by atoms with Gasteiger partial charge in [0, 0.05) is 11.9 Å². The highest BCUT2D eigenvalue weighted by atomic mass is 35.5. The number of nitrogens with one attached hydrogen (secondary N) is 2. The molecule has 10 heavy (non-hydrogen) atoms. The summed E-state index contributed by atoms with van der Waals surface area (Å²) < 4.78 is 0. The molecule has 1 amide bonds. The Morgan fingerprint density at radius 1 is 1.50 bits per heavy atom. The molecule has 0 fully saturated rings. The molecule has 1 aromatic rings. The van der Waals surface area contributed by atoms with Crippen LogP contribution in [0.25, 0.3) is 0 Å². The number of amides is 1. The molecule has 2 heterocycles. The van der Waals surface area contributed by atoms with Crippen LogP contribution >= 0.6 is 12.4 Å². The number of rotatable bonds is 0. The molecule has 2 rings (SSSR count). The minimum atomic E-state index is 0. The molecule has 0 aromatic carbocycles. The van der Waals surface area contributed by atoms with Crippen molar-refractivity contribution in [2.24, 2.45) is 0 Å². The molecule has 1 aliphatic heterocycles. The van der Waals surface area contributed by atoms with Gasteiger partial charge in [0.05, 0.1) is 12.1 Å². The van der Waals surface area contributed by atoms with E-state index in [0.717, 1.165) is 11.3 Å². The zero-order chi connectivity index (χ0) is 6.27. The molecule has 0 radical (unpaired) electrons. The number of carbonyl (C=O) groups is 1. The first-order chi connectivity index (χ1) is 4.38. The highest BCUT2D eigenvalue weighted by Gasteiger charge is 2.18. The third-order valence-electron chi connectivity index (χ3n) is 1.50. The largest absolute Gasteiger partial charge is 0.363 e. The second kappa shape index (κ2) is 2.34. The van der Waals surface area contributed by atoms with Crippen molar-refractivity contribution in [2.75, 3.05) is 0 Å². The van der Waals surface area contributed by atoms with Crippen LogP contribution in [0.1, 0.15) is 16.1 Å². The average Bonchev–Trinajstić information content (AvgIpc) is 2.35. The van der Waals surface area contributed by atoms with Gasteiger partial charge in [0.15, 0.2) is 0 Å². The lowest BCUT2D eigenvalue weighted by Gasteiger charge is -1.84. The number of halogens is 1. The van der Waals surface area contributed by atoms with E-state index in [1.807, 2.05) is 0 Å². The first-order valence-electron chi connectivity index (χ1n) is 2.82. The summed E-state index contributed by atoms with van der Waals surface area (Å²) in [5.41, 5.74) is 1.79. The van der Waals surface area contributed by atoms with Gasteiger partial charge in [0.25, 0.3) is 5.91 Å². The number of fused-ring (bicyclic) bond motifs is 1. The Bertz CT molecular complexity index is 256. The van der Waals surface area contributed by atoms with Crippen LogP contribution in [0.5, 0.6) is 0 Å². The zero-order valence-electron chi connectivity index (χ0n) is 5.18. The van der Waals surface area contributed by atoms with Crippen molar-refractivity contribution >= 4 is 18.3 Å². The van der Waals surface area contributed by atoms with E-state index >= 15 is 0 Å². The van der Waals surface area contributed by atoms with Gasteiger partial charge in [0.1, 0.15) is 0 Å². The SMILES string of the molecule is Cl.O=C1NCc2[nH]ccc21. The summed E-state index contributed by atoms with van der Waals surface area (Å²) in [7, 11) is 0. The van der Waals surface area contributed by atoms with Crippen LogP contribution in [0.2, 0.25) is 0 Å². The number of aromatic nitrogens is 1. The molecule has 1 aliphatic rings. The second-order valence-corrected chi connectivity index (χ2v) is 2.05. The lowest BCUT2D eigenvalue weighted by Crippen LogP contribution is -2.12. The van der Waals surface area contributed by atoms with E-state index in [1.165, 1.54) is 0 Å². The Morgan fingerprint density at radius 3 is 3.00 bits per heavy atom. The van der Waals surface area contributed by atoms with Crippen molar-refractivity contribution in [3.8, 4) is 0 Å². The third-order valence-corrected chi connectivity index (χ3v) is 1.50. The van der Waals surface area contributed by atoms with Crippen LogP contribution < -0.4 is 5.32 Å². The molecule has 0 aliphatic carbocycles. The second-order valence-electron chi connectivity index (χ2n) is 2.05. The molecule has 3 nitrogen and oxygen atoms in total. The molecule has 54 valence electrons. The fraction of sp³-hybridized carbons (Fsp3) is 0.167. The van der Waals surface area contributed by atoms with E-state index < -0.39 is 0 Å². The Balaban J connectivity index is 0.000000500. The molecule has 0 unspecified atom stereocenters. The van der Waals surface area contributed by atoms with Gasteiger partial charge in [-0.3, -0.25) is 4.79 Å². The van der Waals surface area contributed by atoms with Crippen molar-refractivity contribution in [1.29, 1.82) is 0 Å².